The Kier molecular flexibility index (Phi) is 4.39. The van der Waals surface area contributed by atoms with Gasteiger partial charge in [-0.1, -0.05) is 23.2 Å². The zero-order chi connectivity index (χ0) is 16.6. The van der Waals surface area contributed by atoms with Crippen LogP contribution in [-0.2, 0) is 14.4 Å². The van der Waals surface area contributed by atoms with Gasteiger partial charge in [-0.05, 0) is 18.2 Å². The van der Waals surface area contributed by atoms with Gasteiger partial charge in [-0.15, -0.1) is 0 Å². The van der Waals surface area contributed by atoms with E-state index in [1.54, 1.807) is 0 Å². The first kappa shape index (κ1) is 16.3. The largest absolute Gasteiger partial charge is 0.332 e. The van der Waals surface area contributed by atoms with E-state index in [0.717, 1.165) is 9.80 Å². The highest BCUT2D eigenvalue weighted by atomic mass is 35.5. The Balaban J connectivity index is 2.26. The molecule has 1 heterocycles. The van der Waals surface area contributed by atoms with Gasteiger partial charge in [0.25, 0.3) is 11.8 Å². The molecule has 1 N–H and O–H groups in total. The summed E-state index contributed by atoms with van der Waals surface area (Å²) in [5.41, 5.74) is 0.207. The molecule has 0 aliphatic carbocycles. The lowest BCUT2D eigenvalue weighted by Gasteiger charge is -2.32. The van der Waals surface area contributed by atoms with Gasteiger partial charge < -0.3 is 5.32 Å². The molecule has 5 amide bonds. The normalized spacial score (nSPS) is 16.3. The van der Waals surface area contributed by atoms with Gasteiger partial charge in [-0.25, -0.2) is 4.79 Å². The topological polar surface area (TPSA) is 86.8 Å². The lowest BCUT2D eigenvalue weighted by Crippen LogP contribution is -2.59. The number of hydrogen-bond donors (Lipinski definition) is 1. The molecule has 2 rings (SSSR count). The number of carbonyl (C=O) groups excluding carboxylic acids is 4. The number of barbiturate groups is 1. The van der Waals surface area contributed by atoms with Crippen molar-refractivity contribution in [3.8, 4) is 0 Å². The van der Waals surface area contributed by atoms with Crippen molar-refractivity contribution in [2.75, 3.05) is 19.4 Å². The van der Waals surface area contributed by atoms with Gasteiger partial charge in [-0.2, -0.15) is 0 Å². The molecule has 0 radical (unpaired) electrons. The summed E-state index contributed by atoms with van der Waals surface area (Å²) in [6.07, 6.45) is 0. The van der Waals surface area contributed by atoms with Gasteiger partial charge in [0, 0.05) is 19.1 Å². The molecule has 0 atom stereocenters. The molecular weight excluding hydrogens is 333 g/mol. The van der Waals surface area contributed by atoms with Crippen molar-refractivity contribution in [1.82, 2.24) is 9.80 Å². The molecule has 1 aliphatic heterocycles. The summed E-state index contributed by atoms with van der Waals surface area (Å²) in [5.74, 6) is -4.30. The van der Waals surface area contributed by atoms with Crippen LogP contribution < -0.4 is 5.32 Å². The van der Waals surface area contributed by atoms with Crippen molar-refractivity contribution in [2.45, 2.75) is 0 Å². The van der Waals surface area contributed by atoms with Crippen molar-refractivity contribution in [3.05, 3.63) is 28.2 Å². The van der Waals surface area contributed by atoms with Crippen molar-refractivity contribution >= 4 is 52.6 Å². The maximum Gasteiger partial charge on any atom is 0.332 e. The van der Waals surface area contributed by atoms with Gasteiger partial charge in [0.1, 0.15) is 0 Å². The minimum absolute atomic E-state index is 0.161. The minimum atomic E-state index is -1.64. The average Bonchev–Trinajstić information content (AvgIpc) is 2.46. The molecule has 1 aromatic carbocycles. The van der Waals surface area contributed by atoms with Crippen LogP contribution in [0.15, 0.2) is 18.2 Å². The Hall–Kier alpha value is -2.12. The van der Waals surface area contributed by atoms with Crippen LogP contribution in [0, 0.1) is 5.92 Å². The summed E-state index contributed by atoms with van der Waals surface area (Å²) in [7, 11) is 2.40. The van der Waals surface area contributed by atoms with E-state index >= 15 is 0 Å². The van der Waals surface area contributed by atoms with E-state index in [1.807, 2.05) is 0 Å². The molecule has 1 aliphatic rings. The number of halogens is 2. The molecule has 22 heavy (non-hydrogen) atoms. The molecule has 0 unspecified atom stereocenters. The molecule has 0 aromatic heterocycles. The van der Waals surface area contributed by atoms with Gasteiger partial charge in [0.15, 0.2) is 5.92 Å². The van der Waals surface area contributed by atoms with E-state index in [-0.39, 0.29) is 10.7 Å². The van der Waals surface area contributed by atoms with Crippen LogP contribution >= 0.6 is 23.2 Å². The molecule has 116 valence electrons. The van der Waals surface area contributed by atoms with Gasteiger partial charge in [-0.3, -0.25) is 24.2 Å². The number of urea groups is 1. The van der Waals surface area contributed by atoms with E-state index < -0.39 is 29.7 Å². The predicted molar refractivity (Wildman–Crippen MR) is 79.5 cm³/mol. The van der Waals surface area contributed by atoms with Gasteiger partial charge in [0.05, 0.1) is 10.7 Å². The average molecular weight is 344 g/mol. The predicted octanol–water partition coefficient (Wildman–Crippen LogP) is 1.60. The summed E-state index contributed by atoms with van der Waals surface area (Å²) in [5, 5.41) is 2.92. The van der Waals surface area contributed by atoms with E-state index in [9.17, 15) is 19.2 Å². The Bertz CT molecular complexity index is 668. The highest BCUT2D eigenvalue weighted by molar-refractivity contribution is 6.37. The first-order chi connectivity index (χ1) is 10.2. The summed E-state index contributed by atoms with van der Waals surface area (Å²) >= 11 is 11.7. The molecule has 1 saturated heterocycles. The van der Waals surface area contributed by atoms with Crippen LogP contribution in [0.4, 0.5) is 10.5 Å². The molecule has 0 bridgehead atoms. The molecule has 9 heteroatoms. The first-order valence-corrected chi connectivity index (χ1v) is 6.84. The minimum Gasteiger partial charge on any atom is -0.324 e. The van der Waals surface area contributed by atoms with Crippen molar-refractivity contribution < 1.29 is 19.2 Å². The zero-order valence-corrected chi connectivity index (χ0v) is 13.1. The number of imide groups is 2. The fraction of sp³-hybridized carbons (Fsp3) is 0.231. The molecule has 1 aromatic rings. The first-order valence-electron chi connectivity index (χ1n) is 6.09. The Morgan fingerprint density at radius 3 is 2.14 bits per heavy atom. The molecular formula is C13H11Cl2N3O4. The molecule has 7 nitrogen and oxygen atoms in total. The Labute approximate surface area is 135 Å². The highest BCUT2D eigenvalue weighted by Crippen LogP contribution is 2.26. The van der Waals surface area contributed by atoms with E-state index in [2.05, 4.69) is 5.32 Å². The van der Waals surface area contributed by atoms with Crippen LogP contribution in [0.3, 0.4) is 0 Å². The van der Waals surface area contributed by atoms with Crippen LogP contribution in [0.25, 0.3) is 0 Å². The third-order valence-corrected chi connectivity index (χ3v) is 3.73. The fourth-order valence-corrected chi connectivity index (χ4v) is 2.38. The molecule has 0 saturated carbocycles. The zero-order valence-electron chi connectivity index (χ0n) is 11.6. The number of amides is 5. The second-order valence-corrected chi connectivity index (χ2v) is 5.47. The van der Waals surface area contributed by atoms with Gasteiger partial charge >= 0.3 is 6.03 Å². The Morgan fingerprint density at radius 1 is 1.09 bits per heavy atom. The third-order valence-electron chi connectivity index (χ3n) is 3.18. The van der Waals surface area contributed by atoms with Crippen LogP contribution in [-0.4, -0.2) is 47.6 Å². The van der Waals surface area contributed by atoms with E-state index in [4.69, 9.17) is 23.2 Å². The summed E-state index contributed by atoms with van der Waals surface area (Å²) in [4.78, 5) is 49.3. The number of nitrogens with one attached hydrogen (secondary N) is 1. The molecule has 0 spiro atoms. The maximum atomic E-state index is 12.2. The smallest absolute Gasteiger partial charge is 0.324 e. The van der Waals surface area contributed by atoms with Crippen molar-refractivity contribution in [2.24, 2.45) is 5.92 Å². The summed E-state index contributed by atoms with van der Waals surface area (Å²) in [6.45, 7) is 0. The standard InChI is InChI=1S/C13H11Cl2N3O4/c1-17-11(20)9(12(21)18(2)13(17)22)10(19)16-8-4-3-6(14)5-7(8)15/h3-5,9H,1-2H3,(H,16,19). The third kappa shape index (κ3) is 2.77. The quantitative estimate of drug-likeness (QED) is 0.826. The van der Waals surface area contributed by atoms with E-state index in [0.29, 0.717) is 5.02 Å². The van der Waals surface area contributed by atoms with Crippen LogP contribution in [0.5, 0.6) is 0 Å². The lowest BCUT2D eigenvalue weighted by molar-refractivity contribution is -0.151. The number of benzene rings is 1. The highest BCUT2D eigenvalue weighted by Gasteiger charge is 2.46. The van der Waals surface area contributed by atoms with Gasteiger partial charge in [0.2, 0.25) is 5.91 Å². The lowest BCUT2D eigenvalue weighted by atomic mass is 10.0. The van der Waals surface area contributed by atoms with Crippen LogP contribution in [0.1, 0.15) is 0 Å². The Morgan fingerprint density at radius 2 is 1.64 bits per heavy atom. The second kappa shape index (κ2) is 5.94. The monoisotopic (exact) mass is 343 g/mol. The summed E-state index contributed by atoms with van der Waals surface area (Å²) < 4.78 is 0. The number of carbonyl (C=O) groups is 4. The van der Waals surface area contributed by atoms with Crippen molar-refractivity contribution in [1.29, 1.82) is 0 Å². The summed E-state index contributed by atoms with van der Waals surface area (Å²) in [6, 6.07) is 3.56. The SMILES string of the molecule is CN1C(=O)C(C(=O)Nc2ccc(Cl)cc2Cl)C(=O)N(C)C1=O. The fourth-order valence-electron chi connectivity index (χ4n) is 1.93. The van der Waals surface area contributed by atoms with Crippen molar-refractivity contribution in [3.63, 3.8) is 0 Å². The van der Waals surface area contributed by atoms with E-state index in [1.165, 1.54) is 32.3 Å². The second-order valence-electron chi connectivity index (χ2n) is 4.62. The maximum absolute atomic E-state index is 12.2. The number of nitrogens with zero attached hydrogens (tertiary/aromatic N) is 2. The number of hydrogen-bond acceptors (Lipinski definition) is 4. The number of anilines is 1. The number of rotatable bonds is 2. The van der Waals surface area contributed by atoms with Crippen LogP contribution in [0.2, 0.25) is 10.0 Å². The molecule has 1 fully saturated rings.